The van der Waals surface area contributed by atoms with Crippen LogP contribution in [0.3, 0.4) is 0 Å². The Hall–Kier alpha value is -3.63. The zero-order valence-electron chi connectivity index (χ0n) is 17.6. The highest BCUT2D eigenvalue weighted by molar-refractivity contribution is 5.86. The standard InChI is InChI=1S/C27H24N2O2/c1-18(22-9-5-7-20-6-3-4-8-23(20)22)28-16-19-10-12-26(30-2)24(14-19)21-11-13-27-25(15-21)29-17-31-27/h3-15,17-18,28H,16H2,1-2H3. The van der Waals surface area contributed by atoms with Gasteiger partial charge in [-0.15, -0.1) is 0 Å². The molecule has 1 heterocycles. The van der Waals surface area contributed by atoms with Crippen LogP contribution in [-0.4, -0.2) is 12.1 Å². The van der Waals surface area contributed by atoms with Gasteiger partial charge in [-0.1, -0.05) is 54.6 Å². The van der Waals surface area contributed by atoms with Gasteiger partial charge in [-0.05, 0) is 58.7 Å². The number of fused-ring (bicyclic) bond motifs is 2. The lowest BCUT2D eigenvalue weighted by Crippen LogP contribution is -2.18. The number of ether oxygens (including phenoxy) is 1. The fourth-order valence-corrected chi connectivity index (χ4v) is 4.13. The Labute approximate surface area is 181 Å². The van der Waals surface area contributed by atoms with Gasteiger partial charge in [-0.2, -0.15) is 0 Å². The molecule has 4 heteroatoms. The minimum absolute atomic E-state index is 0.225. The van der Waals surface area contributed by atoms with E-state index in [1.165, 1.54) is 28.3 Å². The molecule has 0 aliphatic carbocycles. The molecule has 1 N–H and O–H groups in total. The van der Waals surface area contributed by atoms with Crippen molar-refractivity contribution in [3.05, 3.63) is 96.4 Å². The van der Waals surface area contributed by atoms with E-state index in [9.17, 15) is 0 Å². The lowest BCUT2D eigenvalue weighted by molar-refractivity contribution is 0.416. The quantitative estimate of drug-likeness (QED) is 0.348. The molecule has 154 valence electrons. The maximum Gasteiger partial charge on any atom is 0.181 e. The van der Waals surface area contributed by atoms with E-state index in [1.54, 1.807) is 7.11 Å². The normalized spacial score (nSPS) is 12.3. The van der Waals surface area contributed by atoms with Crippen molar-refractivity contribution in [2.45, 2.75) is 19.5 Å². The monoisotopic (exact) mass is 408 g/mol. The van der Waals surface area contributed by atoms with Crippen LogP contribution in [0.15, 0.2) is 89.7 Å². The molecular formula is C27H24N2O2. The Morgan fingerprint density at radius 3 is 2.74 bits per heavy atom. The van der Waals surface area contributed by atoms with Gasteiger partial charge in [-0.25, -0.2) is 4.98 Å². The summed E-state index contributed by atoms with van der Waals surface area (Å²) in [5.74, 6) is 0.841. The topological polar surface area (TPSA) is 47.3 Å². The number of nitrogens with one attached hydrogen (secondary N) is 1. The number of benzene rings is 4. The smallest absolute Gasteiger partial charge is 0.181 e. The van der Waals surface area contributed by atoms with Gasteiger partial charge in [-0.3, -0.25) is 0 Å². The van der Waals surface area contributed by atoms with Crippen molar-refractivity contribution in [3.8, 4) is 16.9 Å². The van der Waals surface area contributed by atoms with Gasteiger partial charge in [0.25, 0.3) is 0 Å². The maximum atomic E-state index is 5.63. The first-order valence-corrected chi connectivity index (χ1v) is 10.4. The van der Waals surface area contributed by atoms with Crippen molar-refractivity contribution >= 4 is 21.9 Å². The molecule has 5 rings (SSSR count). The second kappa shape index (κ2) is 8.25. The number of nitrogens with zero attached hydrogens (tertiary/aromatic N) is 1. The second-order valence-electron chi connectivity index (χ2n) is 7.74. The van der Waals surface area contributed by atoms with Gasteiger partial charge in [0.1, 0.15) is 11.3 Å². The van der Waals surface area contributed by atoms with Crippen LogP contribution >= 0.6 is 0 Å². The molecule has 0 bridgehead atoms. The fourth-order valence-electron chi connectivity index (χ4n) is 4.13. The summed E-state index contributed by atoms with van der Waals surface area (Å²) in [4.78, 5) is 4.28. The third kappa shape index (κ3) is 3.78. The third-order valence-electron chi connectivity index (χ3n) is 5.81. The van der Waals surface area contributed by atoms with E-state index in [-0.39, 0.29) is 6.04 Å². The Kier molecular flexibility index (Phi) is 5.14. The van der Waals surface area contributed by atoms with E-state index in [2.05, 4.69) is 71.8 Å². The molecule has 0 aliphatic heterocycles. The largest absolute Gasteiger partial charge is 0.496 e. The maximum absolute atomic E-state index is 5.63. The first-order chi connectivity index (χ1) is 15.2. The van der Waals surface area contributed by atoms with Crippen LogP contribution in [0.1, 0.15) is 24.1 Å². The summed E-state index contributed by atoms with van der Waals surface area (Å²) in [5, 5.41) is 6.24. The van der Waals surface area contributed by atoms with E-state index in [1.807, 2.05) is 24.3 Å². The fraction of sp³-hybridized carbons (Fsp3) is 0.148. The first kappa shape index (κ1) is 19.3. The lowest BCUT2D eigenvalue weighted by atomic mass is 9.99. The van der Waals surface area contributed by atoms with Crippen LogP contribution in [-0.2, 0) is 6.54 Å². The van der Waals surface area contributed by atoms with E-state index in [0.29, 0.717) is 0 Å². The number of oxazole rings is 1. The average Bonchev–Trinajstić information content (AvgIpc) is 3.30. The SMILES string of the molecule is COc1ccc(CNC(C)c2cccc3ccccc23)cc1-c1ccc2ocnc2c1. The molecule has 4 aromatic carbocycles. The van der Waals surface area contributed by atoms with E-state index in [4.69, 9.17) is 9.15 Å². The highest BCUT2D eigenvalue weighted by Gasteiger charge is 2.12. The van der Waals surface area contributed by atoms with Gasteiger partial charge in [0.05, 0.1) is 7.11 Å². The minimum Gasteiger partial charge on any atom is -0.496 e. The number of hydrogen-bond donors (Lipinski definition) is 1. The molecule has 5 aromatic rings. The molecule has 0 fully saturated rings. The minimum atomic E-state index is 0.225. The van der Waals surface area contributed by atoms with Gasteiger partial charge >= 0.3 is 0 Å². The van der Waals surface area contributed by atoms with Crippen LogP contribution in [0.2, 0.25) is 0 Å². The molecule has 0 aliphatic rings. The average molecular weight is 409 g/mol. The van der Waals surface area contributed by atoms with Crippen molar-refractivity contribution in [1.82, 2.24) is 10.3 Å². The molecule has 0 radical (unpaired) electrons. The second-order valence-corrected chi connectivity index (χ2v) is 7.74. The Balaban J connectivity index is 1.41. The summed E-state index contributed by atoms with van der Waals surface area (Å²) in [6.07, 6.45) is 1.47. The molecule has 0 saturated heterocycles. The zero-order valence-corrected chi connectivity index (χ0v) is 17.6. The van der Waals surface area contributed by atoms with Gasteiger partial charge < -0.3 is 14.5 Å². The molecule has 0 amide bonds. The number of methoxy groups -OCH3 is 1. The summed E-state index contributed by atoms with van der Waals surface area (Å²) < 4.78 is 11.0. The van der Waals surface area contributed by atoms with Crippen molar-refractivity contribution in [2.24, 2.45) is 0 Å². The Bertz CT molecular complexity index is 1350. The van der Waals surface area contributed by atoms with Crippen LogP contribution < -0.4 is 10.1 Å². The number of rotatable bonds is 6. The molecule has 1 unspecified atom stereocenters. The first-order valence-electron chi connectivity index (χ1n) is 10.4. The van der Waals surface area contributed by atoms with E-state index >= 15 is 0 Å². The van der Waals surface area contributed by atoms with Crippen molar-refractivity contribution in [3.63, 3.8) is 0 Å². The summed E-state index contributed by atoms with van der Waals surface area (Å²) in [7, 11) is 1.70. The Morgan fingerprint density at radius 1 is 0.968 bits per heavy atom. The molecular weight excluding hydrogens is 384 g/mol. The highest BCUT2D eigenvalue weighted by Crippen LogP contribution is 2.33. The predicted molar refractivity (Wildman–Crippen MR) is 125 cm³/mol. The van der Waals surface area contributed by atoms with Crippen molar-refractivity contribution < 1.29 is 9.15 Å². The van der Waals surface area contributed by atoms with E-state index in [0.717, 1.165) is 34.5 Å². The summed E-state index contributed by atoms with van der Waals surface area (Å²) >= 11 is 0. The van der Waals surface area contributed by atoms with Gasteiger partial charge in [0, 0.05) is 18.2 Å². The van der Waals surface area contributed by atoms with Gasteiger partial charge in [0.15, 0.2) is 12.0 Å². The van der Waals surface area contributed by atoms with Crippen LogP contribution in [0.25, 0.3) is 33.0 Å². The van der Waals surface area contributed by atoms with Crippen LogP contribution in [0.4, 0.5) is 0 Å². The summed E-state index contributed by atoms with van der Waals surface area (Å²) in [6.45, 7) is 2.97. The molecule has 31 heavy (non-hydrogen) atoms. The van der Waals surface area contributed by atoms with Gasteiger partial charge in [0.2, 0.25) is 0 Å². The summed E-state index contributed by atoms with van der Waals surface area (Å²) in [6, 6.07) is 27.6. The molecule has 1 aromatic heterocycles. The predicted octanol–water partition coefficient (Wildman–Crippen LogP) is 6.51. The molecule has 0 spiro atoms. The molecule has 0 saturated carbocycles. The zero-order chi connectivity index (χ0) is 21.2. The van der Waals surface area contributed by atoms with Crippen molar-refractivity contribution in [1.29, 1.82) is 0 Å². The summed E-state index contributed by atoms with van der Waals surface area (Å²) in [5.41, 5.74) is 6.23. The lowest BCUT2D eigenvalue weighted by Gasteiger charge is -2.18. The van der Waals surface area contributed by atoms with Crippen molar-refractivity contribution in [2.75, 3.05) is 7.11 Å². The third-order valence-corrected chi connectivity index (χ3v) is 5.81. The van der Waals surface area contributed by atoms with E-state index < -0.39 is 0 Å². The molecule has 1 atom stereocenters. The number of aromatic nitrogens is 1. The van der Waals surface area contributed by atoms with Crippen LogP contribution in [0, 0.1) is 0 Å². The van der Waals surface area contributed by atoms with Crippen LogP contribution in [0.5, 0.6) is 5.75 Å². The molecule has 4 nitrogen and oxygen atoms in total. The number of hydrogen-bond acceptors (Lipinski definition) is 4. The Morgan fingerprint density at radius 2 is 1.84 bits per heavy atom. The highest BCUT2D eigenvalue weighted by atomic mass is 16.5.